The molecule has 0 aliphatic heterocycles. The number of ether oxygens (including phenoxy) is 1. The van der Waals surface area contributed by atoms with Gasteiger partial charge >= 0.3 is 0 Å². The Hall–Kier alpha value is -3.61. The van der Waals surface area contributed by atoms with Crippen molar-refractivity contribution in [3.8, 4) is 11.4 Å². The second-order valence-corrected chi connectivity index (χ2v) is 7.85. The Kier molecular flexibility index (Phi) is 5.62. The number of nitrogens with one attached hydrogen (secondary N) is 1. The molecule has 5 aromatic rings. The molecule has 8 heteroatoms. The number of hydrogen-bond donors (Lipinski definition) is 1. The molecule has 0 amide bonds. The lowest BCUT2D eigenvalue weighted by atomic mass is 10.2. The van der Waals surface area contributed by atoms with E-state index in [1.54, 1.807) is 23.0 Å². The molecule has 0 radical (unpaired) electrons. The number of fused-ring (bicyclic) bond motifs is 1. The van der Waals surface area contributed by atoms with Gasteiger partial charge in [-0.15, -0.1) is 0 Å². The summed E-state index contributed by atoms with van der Waals surface area (Å²) >= 11 is 12.2. The first-order chi connectivity index (χ1) is 15.7. The lowest BCUT2D eigenvalue weighted by Crippen LogP contribution is -2.00. The van der Waals surface area contributed by atoms with Gasteiger partial charge in [0.05, 0.1) is 27.3 Å². The quantitative estimate of drug-likeness (QED) is 0.314. The summed E-state index contributed by atoms with van der Waals surface area (Å²) in [5.74, 6) is 1.44. The third-order valence-electron chi connectivity index (χ3n) is 4.88. The zero-order valence-electron chi connectivity index (χ0n) is 16.7. The number of halogens is 2. The molecule has 0 spiro atoms. The Labute approximate surface area is 194 Å². The molecule has 6 nitrogen and oxygen atoms in total. The van der Waals surface area contributed by atoms with Crippen molar-refractivity contribution < 1.29 is 4.74 Å². The van der Waals surface area contributed by atoms with Gasteiger partial charge in [-0.3, -0.25) is 0 Å². The van der Waals surface area contributed by atoms with Crippen LogP contribution in [-0.4, -0.2) is 19.7 Å². The zero-order chi connectivity index (χ0) is 21.9. The second-order valence-electron chi connectivity index (χ2n) is 7.04. The Morgan fingerprint density at radius 3 is 2.47 bits per heavy atom. The number of aromatic nitrogens is 4. The minimum atomic E-state index is 0.454. The number of anilines is 2. The van der Waals surface area contributed by atoms with Gasteiger partial charge in [-0.1, -0.05) is 53.5 Å². The van der Waals surface area contributed by atoms with Crippen LogP contribution in [-0.2, 0) is 6.61 Å². The minimum absolute atomic E-state index is 0.454. The van der Waals surface area contributed by atoms with Gasteiger partial charge in [0, 0.05) is 5.69 Å². The molecule has 32 heavy (non-hydrogen) atoms. The molecule has 0 aliphatic rings. The van der Waals surface area contributed by atoms with E-state index in [1.165, 1.54) is 6.33 Å². The van der Waals surface area contributed by atoms with Crippen molar-refractivity contribution in [2.75, 3.05) is 5.32 Å². The molecule has 158 valence electrons. The van der Waals surface area contributed by atoms with Crippen LogP contribution in [0.15, 0.2) is 85.3 Å². The normalized spacial score (nSPS) is 10.9. The summed E-state index contributed by atoms with van der Waals surface area (Å²) in [4.78, 5) is 8.78. The largest absolute Gasteiger partial charge is 0.489 e. The Bertz CT molecular complexity index is 1370. The highest BCUT2D eigenvalue weighted by Gasteiger charge is 2.12. The lowest BCUT2D eigenvalue weighted by molar-refractivity contribution is 0.306. The van der Waals surface area contributed by atoms with Gasteiger partial charge < -0.3 is 10.1 Å². The van der Waals surface area contributed by atoms with Gasteiger partial charge in [0.2, 0.25) is 0 Å². The summed E-state index contributed by atoms with van der Waals surface area (Å²) in [6.45, 7) is 0.522. The van der Waals surface area contributed by atoms with E-state index in [0.717, 1.165) is 28.1 Å². The summed E-state index contributed by atoms with van der Waals surface area (Å²) in [6, 6.07) is 23.1. The molecule has 1 N–H and O–H groups in total. The van der Waals surface area contributed by atoms with Crippen LogP contribution in [0.1, 0.15) is 5.56 Å². The van der Waals surface area contributed by atoms with Crippen LogP contribution >= 0.6 is 23.2 Å². The van der Waals surface area contributed by atoms with Gasteiger partial charge in [-0.2, -0.15) is 5.10 Å². The standard InChI is InChI=1S/C24H17Cl2N5O/c25-21-11-8-18(12-22(21)26)31-24-20(13-29-31)23(27-15-28-24)30-17-6-9-19(10-7-17)32-14-16-4-2-1-3-5-16/h1-13,15H,14H2,(H,27,28,30). The molecular formula is C24H17Cl2N5O. The summed E-state index contributed by atoms with van der Waals surface area (Å²) in [5, 5.41) is 9.50. The van der Waals surface area contributed by atoms with Gasteiger partial charge in [0.15, 0.2) is 5.65 Å². The van der Waals surface area contributed by atoms with E-state index in [4.69, 9.17) is 27.9 Å². The lowest BCUT2D eigenvalue weighted by Gasteiger charge is -2.09. The van der Waals surface area contributed by atoms with Crippen LogP contribution < -0.4 is 10.1 Å². The highest BCUT2D eigenvalue weighted by atomic mass is 35.5. The molecular weight excluding hydrogens is 445 g/mol. The highest BCUT2D eigenvalue weighted by Crippen LogP contribution is 2.28. The summed E-state index contributed by atoms with van der Waals surface area (Å²) in [7, 11) is 0. The van der Waals surface area contributed by atoms with Crippen molar-refractivity contribution in [1.29, 1.82) is 0 Å². The molecule has 0 aliphatic carbocycles. The van der Waals surface area contributed by atoms with Gasteiger partial charge in [0.1, 0.15) is 24.5 Å². The van der Waals surface area contributed by atoms with Crippen molar-refractivity contribution in [2.45, 2.75) is 6.61 Å². The van der Waals surface area contributed by atoms with Gasteiger partial charge in [-0.25, -0.2) is 14.6 Å². The third kappa shape index (κ3) is 4.23. The average Bonchev–Trinajstić information content (AvgIpc) is 3.26. The minimum Gasteiger partial charge on any atom is -0.489 e. The number of rotatable bonds is 6. The van der Waals surface area contributed by atoms with Crippen LogP contribution in [0.3, 0.4) is 0 Å². The van der Waals surface area contributed by atoms with Crippen molar-refractivity contribution >= 4 is 45.7 Å². The fourth-order valence-corrected chi connectivity index (χ4v) is 3.55. The Balaban J connectivity index is 1.35. The van der Waals surface area contributed by atoms with E-state index in [9.17, 15) is 0 Å². The first-order valence-electron chi connectivity index (χ1n) is 9.85. The van der Waals surface area contributed by atoms with Gasteiger partial charge in [0.25, 0.3) is 0 Å². The first-order valence-corrected chi connectivity index (χ1v) is 10.6. The predicted octanol–water partition coefficient (Wildman–Crippen LogP) is 6.44. The molecule has 5 rings (SSSR count). The summed E-state index contributed by atoms with van der Waals surface area (Å²) in [6.07, 6.45) is 3.22. The van der Waals surface area contributed by atoms with E-state index < -0.39 is 0 Å². The molecule has 0 bridgehead atoms. The maximum absolute atomic E-state index is 6.16. The van der Waals surface area contributed by atoms with Crippen LogP contribution in [0, 0.1) is 0 Å². The zero-order valence-corrected chi connectivity index (χ0v) is 18.3. The SMILES string of the molecule is Clc1ccc(-n2ncc3c(Nc4ccc(OCc5ccccc5)cc4)ncnc32)cc1Cl. The smallest absolute Gasteiger partial charge is 0.168 e. The Morgan fingerprint density at radius 2 is 1.69 bits per heavy atom. The van der Waals surface area contributed by atoms with Crippen LogP contribution in [0.5, 0.6) is 5.75 Å². The fraction of sp³-hybridized carbons (Fsp3) is 0.0417. The summed E-state index contributed by atoms with van der Waals surface area (Å²) in [5.41, 5.74) is 3.42. The van der Waals surface area contributed by atoms with Crippen LogP contribution in [0.25, 0.3) is 16.7 Å². The molecule has 2 heterocycles. The van der Waals surface area contributed by atoms with Crippen molar-refractivity contribution in [3.05, 3.63) is 101 Å². The van der Waals surface area contributed by atoms with E-state index >= 15 is 0 Å². The molecule has 2 aromatic heterocycles. The Morgan fingerprint density at radius 1 is 0.875 bits per heavy atom. The van der Waals surface area contributed by atoms with Crippen molar-refractivity contribution in [1.82, 2.24) is 19.7 Å². The number of benzene rings is 3. The maximum Gasteiger partial charge on any atom is 0.168 e. The average molecular weight is 462 g/mol. The highest BCUT2D eigenvalue weighted by molar-refractivity contribution is 6.42. The van der Waals surface area contributed by atoms with Crippen LogP contribution in [0.4, 0.5) is 11.5 Å². The maximum atomic E-state index is 6.16. The predicted molar refractivity (Wildman–Crippen MR) is 127 cm³/mol. The van der Waals surface area contributed by atoms with Crippen LogP contribution in [0.2, 0.25) is 10.0 Å². The van der Waals surface area contributed by atoms with E-state index in [1.807, 2.05) is 60.7 Å². The molecule has 3 aromatic carbocycles. The molecule has 0 unspecified atom stereocenters. The number of nitrogens with zero attached hydrogens (tertiary/aromatic N) is 4. The fourth-order valence-electron chi connectivity index (χ4n) is 3.26. The van der Waals surface area contributed by atoms with E-state index in [-0.39, 0.29) is 0 Å². The topological polar surface area (TPSA) is 64.9 Å². The summed E-state index contributed by atoms with van der Waals surface area (Å²) < 4.78 is 7.55. The molecule has 0 atom stereocenters. The first kappa shape index (κ1) is 20.3. The van der Waals surface area contributed by atoms with Gasteiger partial charge in [-0.05, 0) is 48.0 Å². The molecule has 0 fully saturated rings. The van der Waals surface area contributed by atoms with E-state index in [0.29, 0.717) is 28.1 Å². The molecule has 0 saturated heterocycles. The van der Waals surface area contributed by atoms with E-state index in [2.05, 4.69) is 20.4 Å². The third-order valence-corrected chi connectivity index (χ3v) is 5.62. The number of hydrogen-bond acceptors (Lipinski definition) is 5. The second kappa shape index (κ2) is 8.86. The van der Waals surface area contributed by atoms with Crippen molar-refractivity contribution in [2.24, 2.45) is 0 Å². The monoisotopic (exact) mass is 461 g/mol. The van der Waals surface area contributed by atoms with Crippen molar-refractivity contribution in [3.63, 3.8) is 0 Å². The molecule has 0 saturated carbocycles.